The number of aliphatic carboxylic acids is 1. The van der Waals surface area contributed by atoms with Gasteiger partial charge in [-0.3, -0.25) is 4.79 Å². The summed E-state index contributed by atoms with van der Waals surface area (Å²) >= 11 is 0. The van der Waals surface area contributed by atoms with Crippen LogP contribution in [0, 0.1) is 5.92 Å². The lowest BCUT2D eigenvalue weighted by Crippen LogP contribution is -2.32. The summed E-state index contributed by atoms with van der Waals surface area (Å²) in [5.74, 6) is -2.27. The van der Waals surface area contributed by atoms with Crippen molar-refractivity contribution < 1.29 is 24.2 Å². The lowest BCUT2D eigenvalue weighted by molar-refractivity contribution is -0.158. The summed E-state index contributed by atoms with van der Waals surface area (Å²) in [4.78, 5) is 21.5. The van der Waals surface area contributed by atoms with E-state index >= 15 is 0 Å². The molecule has 0 saturated carbocycles. The first-order valence-corrected chi connectivity index (χ1v) is 3.59. The zero-order valence-electron chi connectivity index (χ0n) is 6.65. The first-order chi connectivity index (χ1) is 5.66. The van der Waals surface area contributed by atoms with Crippen LogP contribution in [0.15, 0.2) is 0 Å². The van der Waals surface area contributed by atoms with E-state index in [9.17, 15) is 9.59 Å². The molecule has 0 aromatic rings. The van der Waals surface area contributed by atoms with Gasteiger partial charge in [0, 0.05) is 6.61 Å². The molecule has 1 heterocycles. The van der Waals surface area contributed by atoms with E-state index in [0.29, 0.717) is 13.0 Å². The number of carboxylic acid groups (broad SMARTS) is 1. The molecule has 1 rings (SSSR count). The Kier molecular flexibility index (Phi) is 2.65. The van der Waals surface area contributed by atoms with Gasteiger partial charge in [-0.2, -0.15) is 0 Å². The number of rotatable bonds is 2. The Morgan fingerprint density at radius 1 is 1.58 bits per heavy atom. The molecule has 0 spiro atoms. The summed E-state index contributed by atoms with van der Waals surface area (Å²) in [5, 5.41) is 8.60. The summed E-state index contributed by atoms with van der Waals surface area (Å²) < 4.78 is 9.28. The van der Waals surface area contributed by atoms with Crippen molar-refractivity contribution in [1.82, 2.24) is 0 Å². The quantitative estimate of drug-likeness (QED) is 0.579. The molecule has 0 radical (unpaired) electrons. The molecule has 2 atom stereocenters. The van der Waals surface area contributed by atoms with E-state index in [4.69, 9.17) is 9.84 Å². The van der Waals surface area contributed by atoms with E-state index in [1.165, 1.54) is 7.11 Å². The standard InChI is InChI=1S/C7H10O5/c1-11-7(10)4-2-3-12-5(4)6(8)9/h4-5H,2-3H2,1H3,(H,8,9)/t4-,5+/m1/s1. The Hall–Kier alpha value is -1.10. The number of esters is 1. The summed E-state index contributed by atoms with van der Waals surface area (Å²) in [6.45, 7) is 0.302. The molecule has 1 aliphatic rings. The van der Waals surface area contributed by atoms with Gasteiger partial charge in [-0.25, -0.2) is 4.79 Å². The van der Waals surface area contributed by atoms with E-state index in [1.54, 1.807) is 0 Å². The molecule has 5 heteroatoms. The van der Waals surface area contributed by atoms with Gasteiger partial charge in [-0.1, -0.05) is 0 Å². The summed E-state index contributed by atoms with van der Waals surface area (Å²) in [7, 11) is 1.24. The van der Waals surface area contributed by atoms with Crippen LogP contribution in [0.4, 0.5) is 0 Å². The van der Waals surface area contributed by atoms with Crippen molar-refractivity contribution >= 4 is 11.9 Å². The topological polar surface area (TPSA) is 72.8 Å². The van der Waals surface area contributed by atoms with E-state index in [0.717, 1.165) is 0 Å². The van der Waals surface area contributed by atoms with Crippen LogP contribution < -0.4 is 0 Å². The second kappa shape index (κ2) is 3.53. The number of carbonyl (C=O) groups is 2. The summed E-state index contributed by atoms with van der Waals surface area (Å²) in [6.07, 6.45) is -0.610. The molecule has 0 aromatic carbocycles. The van der Waals surface area contributed by atoms with Crippen LogP contribution in [0.5, 0.6) is 0 Å². The predicted octanol–water partition coefficient (Wildman–Crippen LogP) is -0.351. The predicted molar refractivity (Wildman–Crippen MR) is 37.5 cm³/mol. The minimum atomic E-state index is -1.11. The van der Waals surface area contributed by atoms with Gasteiger partial charge in [0.1, 0.15) is 0 Å². The number of carboxylic acids is 1. The van der Waals surface area contributed by atoms with Crippen LogP contribution in [0.2, 0.25) is 0 Å². The van der Waals surface area contributed by atoms with Gasteiger partial charge in [0.25, 0.3) is 0 Å². The molecule has 12 heavy (non-hydrogen) atoms. The third kappa shape index (κ3) is 1.55. The van der Waals surface area contributed by atoms with Crippen molar-refractivity contribution in [3.8, 4) is 0 Å². The smallest absolute Gasteiger partial charge is 0.333 e. The maximum absolute atomic E-state index is 11.0. The minimum Gasteiger partial charge on any atom is -0.479 e. The Bertz CT molecular complexity index is 200. The van der Waals surface area contributed by atoms with Gasteiger partial charge in [0.05, 0.1) is 13.0 Å². The maximum Gasteiger partial charge on any atom is 0.333 e. The van der Waals surface area contributed by atoms with Crippen LogP contribution in [-0.4, -0.2) is 36.9 Å². The normalized spacial score (nSPS) is 28.4. The van der Waals surface area contributed by atoms with Crippen molar-refractivity contribution in [2.75, 3.05) is 13.7 Å². The second-order valence-electron chi connectivity index (χ2n) is 2.55. The van der Waals surface area contributed by atoms with Gasteiger partial charge in [0.2, 0.25) is 0 Å². The monoisotopic (exact) mass is 174 g/mol. The van der Waals surface area contributed by atoms with Gasteiger partial charge >= 0.3 is 11.9 Å². The van der Waals surface area contributed by atoms with Crippen molar-refractivity contribution in [2.45, 2.75) is 12.5 Å². The number of hydrogen-bond donors (Lipinski definition) is 1. The second-order valence-corrected chi connectivity index (χ2v) is 2.55. The molecular formula is C7H10O5. The lowest BCUT2D eigenvalue weighted by Gasteiger charge is -2.10. The van der Waals surface area contributed by atoms with Gasteiger partial charge in [0.15, 0.2) is 6.10 Å². The van der Waals surface area contributed by atoms with Crippen LogP contribution in [0.1, 0.15) is 6.42 Å². The first-order valence-electron chi connectivity index (χ1n) is 3.59. The van der Waals surface area contributed by atoms with Crippen molar-refractivity contribution in [3.63, 3.8) is 0 Å². The zero-order valence-corrected chi connectivity index (χ0v) is 6.65. The highest BCUT2D eigenvalue weighted by Crippen LogP contribution is 2.22. The number of methoxy groups -OCH3 is 1. The van der Waals surface area contributed by atoms with Crippen LogP contribution in [0.3, 0.4) is 0 Å². The highest BCUT2D eigenvalue weighted by atomic mass is 16.5. The molecule has 0 aromatic heterocycles. The molecule has 68 valence electrons. The molecule has 0 unspecified atom stereocenters. The summed E-state index contributed by atoms with van der Waals surface area (Å²) in [5.41, 5.74) is 0. The van der Waals surface area contributed by atoms with Crippen LogP contribution in [0.25, 0.3) is 0 Å². The average molecular weight is 174 g/mol. The molecule has 0 amide bonds. The van der Waals surface area contributed by atoms with Gasteiger partial charge in [-0.15, -0.1) is 0 Å². The molecule has 5 nitrogen and oxygen atoms in total. The highest BCUT2D eigenvalue weighted by Gasteiger charge is 2.39. The van der Waals surface area contributed by atoms with E-state index in [1.807, 2.05) is 0 Å². The molecule has 1 saturated heterocycles. The Morgan fingerprint density at radius 3 is 2.75 bits per heavy atom. The van der Waals surface area contributed by atoms with Crippen molar-refractivity contribution in [2.24, 2.45) is 5.92 Å². The zero-order chi connectivity index (χ0) is 9.14. The molecule has 1 fully saturated rings. The molecular weight excluding hydrogens is 164 g/mol. The van der Waals surface area contributed by atoms with Crippen LogP contribution >= 0.6 is 0 Å². The highest BCUT2D eigenvalue weighted by molar-refractivity contribution is 5.83. The Labute approximate surface area is 69.3 Å². The molecule has 0 bridgehead atoms. The SMILES string of the molecule is COC(=O)[C@@H]1CCO[C@@H]1C(=O)O. The molecule has 0 aliphatic carbocycles. The van der Waals surface area contributed by atoms with Gasteiger partial charge in [-0.05, 0) is 6.42 Å². The average Bonchev–Trinajstić information content (AvgIpc) is 2.50. The van der Waals surface area contributed by atoms with Crippen molar-refractivity contribution in [1.29, 1.82) is 0 Å². The van der Waals surface area contributed by atoms with Gasteiger partial charge < -0.3 is 14.6 Å². The lowest BCUT2D eigenvalue weighted by atomic mass is 10.0. The maximum atomic E-state index is 11.0. The number of carbonyl (C=O) groups excluding carboxylic acids is 1. The Balaban J connectivity index is 2.63. The van der Waals surface area contributed by atoms with E-state index in [-0.39, 0.29) is 0 Å². The Morgan fingerprint density at radius 2 is 2.25 bits per heavy atom. The summed E-state index contributed by atoms with van der Waals surface area (Å²) in [6, 6.07) is 0. The van der Waals surface area contributed by atoms with E-state index in [2.05, 4.69) is 4.74 Å². The van der Waals surface area contributed by atoms with Crippen molar-refractivity contribution in [3.05, 3.63) is 0 Å². The fourth-order valence-corrected chi connectivity index (χ4v) is 1.23. The fraction of sp³-hybridized carbons (Fsp3) is 0.714. The fourth-order valence-electron chi connectivity index (χ4n) is 1.23. The number of hydrogen-bond acceptors (Lipinski definition) is 4. The largest absolute Gasteiger partial charge is 0.479 e. The molecule has 1 aliphatic heterocycles. The minimum absolute atomic E-state index is 0.302. The first kappa shape index (κ1) is 8.99. The number of ether oxygens (including phenoxy) is 2. The van der Waals surface area contributed by atoms with Crippen LogP contribution in [-0.2, 0) is 19.1 Å². The van der Waals surface area contributed by atoms with E-state index < -0.39 is 24.0 Å². The third-order valence-corrected chi connectivity index (χ3v) is 1.84. The third-order valence-electron chi connectivity index (χ3n) is 1.84. The molecule has 1 N–H and O–H groups in total.